The zero-order chi connectivity index (χ0) is 30.1. The van der Waals surface area contributed by atoms with E-state index in [-0.39, 0.29) is 18.7 Å². The Morgan fingerprint density at radius 3 is 2.28 bits per heavy atom. The van der Waals surface area contributed by atoms with Gasteiger partial charge in [0.25, 0.3) is 0 Å². The van der Waals surface area contributed by atoms with Crippen LogP contribution >= 0.6 is 11.6 Å². The number of hydrogen-bond acceptors (Lipinski definition) is 6. The molecular weight excluding hydrogens is 577 g/mol. The van der Waals surface area contributed by atoms with Crippen LogP contribution in [0, 0.1) is 11.8 Å². The second-order valence-electron chi connectivity index (χ2n) is 12.7. The zero-order valence-corrected chi connectivity index (χ0v) is 25.5. The molecule has 11 heteroatoms. The predicted molar refractivity (Wildman–Crippen MR) is 166 cm³/mol. The summed E-state index contributed by atoms with van der Waals surface area (Å²) in [5.74, 6) is 2.18. The maximum absolute atomic E-state index is 14.1. The van der Waals surface area contributed by atoms with Gasteiger partial charge in [-0.3, -0.25) is 0 Å². The molecule has 1 atom stereocenters. The molecule has 0 radical (unpaired) electrons. The summed E-state index contributed by atoms with van der Waals surface area (Å²) in [5, 5.41) is 13.6. The van der Waals surface area contributed by atoms with Crippen molar-refractivity contribution in [2.45, 2.75) is 96.0 Å². The van der Waals surface area contributed by atoms with Crippen molar-refractivity contribution in [2.24, 2.45) is 11.8 Å². The molecule has 0 spiro atoms. The largest absolute Gasteiger partial charge is 0.416 e. The Morgan fingerprint density at radius 1 is 1.02 bits per heavy atom. The number of benzene rings is 1. The fourth-order valence-electron chi connectivity index (χ4n) is 7.56. The highest BCUT2D eigenvalue weighted by Gasteiger charge is 2.36. The highest BCUT2D eigenvalue weighted by atomic mass is 35.5. The van der Waals surface area contributed by atoms with Crippen LogP contribution in [0.3, 0.4) is 0 Å². The summed E-state index contributed by atoms with van der Waals surface area (Å²) in [6.07, 6.45) is 8.93. The molecule has 0 bridgehead atoms. The minimum Gasteiger partial charge on any atom is -0.392 e. The smallest absolute Gasteiger partial charge is 0.392 e. The molecule has 2 aliphatic carbocycles. The van der Waals surface area contributed by atoms with Gasteiger partial charge in [0, 0.05) is 37.9 Å². The number of aromatic nitrogens is 3. The number of H-pyrrole nitrogens is 1. The number of piperazine rings is 1. The van der Waals surface area contributed by atoms with E-state index in [4.69, 9.17) is 16.6 Å². The van der Waals surface area contributed by atoms with E-state index in [1.165, 1.54) is 50.7 Å². The number of nitrogens with one attached hydrogen (secondary N) is 2. The summed E-state index contributed by atoms with van der Waals surface area (Å²) in [6, 6.07) is 4.35. The fraction of sp³-hybridized carbons (Fsp3) is 0.625. The summed E-state index contributed by atoms with van der Waals surface area (Å²) in [4.78, 5) is 16.9. The number of hydrogen-bond donors (Lipinski definition) is 3. The first-order valence-electron chi connectivity index (χ1n) is 15.9. The zero-order valence-electron chi connectivity index (χ0n) is 24.8. The standard InChI is InChI=1S/C32H42ClF3N6O/c1-20-18-41(30-25(33)14-21(19-43)17-37-30)12-13-42(20)31-39-27-16-24(32(34,35)36)15-26(29(27)40-31)38-28(22-8-4-2-5-9-22)23-10-6-3-7-11-23/h14-17,20,22-23,28,38,43H,2-13,18-19H2,1H3,(H,39,40). The van der Waals surface area contributed by atoms with Gasteiger partial charge in [0.05, 0.1) is 28.4 Å². The number of pyridine rings is 1. The molecule has 3 heterocycles. The Kier molecular flexibility index (Phi) is 8.96. The number of fused-ring (bicyclic) bond motifs is 1. The van der Waals surface area contributed by atoms with Gasteiger partial charge in [0.15, 0.2) is 0 Å². The molecular formula is C32H42ClF3N6O. The molecule has 3 fully saturated rings. The van der Waals surface area contributed by atoms with Crippen LogP contribution in [-0.2, 0) is 12.8 Å². The highest BCUT2D eigenvalue weighted by Crippen LogP contribution is 2.41. The van der Waals surface area contributed by atoms with Crippen molar-refractivity contribution >= 4 is 40.1 Å². The van der Waals surface area contributed by atoms with Crippen molar-refractivity contribution in [1.29, 1.82) is 0 Å². The third-order valence-electron chi connectivity index (χ3n) is 9.80. The quantitative estimate of drug-likeness (QED) is 0.251. The molecule has 2 aromatic heterocycles. The Balaban J connectivity index is 1.30. The van der Waals surface area contributed by atoms with Crippen LogP contribution in [0.15, 0.2) is 24.4 Å². The molecule has 1 aromatic carbocycles. The summed E-state index contributed by atoms with van der Waals surface area (Å²) in [5.41, 5.74) is 1.45. The maximum Gasteiger partial charge on any atom is 0.416 e. The van der Waals surface area contributed by atoms with Gasteiger partial charge < -0.3 is 25.2 Å². The lowest BCUT2D eigenvalue weighted by Crippen LogP contribution is -2.52. The van der Waals surface area contributed by atoms with E-state index in [1.54, 1.807) is 12.3 Å². The molecule has 0 amide bonds. The lowest BCUT2D eigenvalue weighted by molar-refractivity contribution is -0.137. The molecule has 6 rings (SSSR count). The molecule has 1 unspecified atom stereocenters. The molecule has 3 aliphatic rings. The van der Waals surface area contributed by atoms with Gasteiger partial charge >= 0.3 is 6.18 Å². The van der Waals surface area contributed by atoms with Crippen molar-refractivity contribution < 1.29 is 18.3 Å². The lowest BCUT2D eigenvalue weighted by Gasteiger charge is -2.40. The average Bonchev–Trinajstić information content (AvgIpc) is 3.44. The van der Waals surface area contributed by atoms with Gasteiger partial charge in [-0.05, 0) is 68.2 Å². The van der Waals surface area contributed by atoms with Gasteiger partial charge in [0.2, 0.25) is 5.95 Å². The van der Waals surface area contributed by atoms with E-state index >= 15 is 0 Å². The van der Waals surface area contributed by atoms with E-state index < -0.39 is 11.7 Å². The van der Waals surface area contributed by atoms with Crippen molar-refractivity contribution in [2.75, 3.05) is 34.8 Å². The first-order valence-corrected chi connectivity index (χ1v) is 16.2. The van der Waals surface area contributed by atoms with Crippen molar-refractivity contribution in [1.82, 2.24) is 15.0 Å². The summed E-state index contributed by atoms with van der Waals surface area (Å²) in [7, 11) is 0. The van der Waals surface area contributed by atoms with Crippen molar-refractivity contribution in [3.63, 3.8) is 0 Å². The number of aliphatic hydroxyl groups is 1. The summed E-state index contributed by atoms with van der Waals surface area (Å²) in [6.45, 7) is 3.78. The van der Waals surface area contributed by atoms with Crippen LogP contribution in [-0.4, -0.2) is 51.8 Å². The number of imidazole rings is 1. The van der Waals surface area contributed by atoms with E-state index in [0.717, 1.165) is 25.7 Å². The van der Waals surface area contributed by atoms with E-state index in [0.29, 0.717) is 70.5 Å². The van der Waals surface area contributed by atoms with Crippen LogP contribution in [0.1, 0.15) is 82.3 Å². The average molecular weight is 619 g/mol. The third-order valence-corrected chi connectivity index (χ3v) is 10.1. The second-order valence-corrected chi connectivity index (χ2v) is 13.1. The Morgan fingerprint density at radius 2 is 1.70 bits per heavy atom. The summed E-state index contributed by atoms with van der Waals surface area (Å²) >= 11 is 6.47. The third kappa shape index (κ3) is 6.55. The maximum atomic E-state index is 14.1. The Hall–Kier alpha value is -2.72. The number of nitrogens with zero attached hydrogens (tertiary/aromatic N) is 4. The van der Waals surface area contributed by atoms with E-state index in [1.807, 2.05) is 0 Å². The highest BCUT2D eigenvalue weighted by molar-refractivity contribution is 6.33. The van der Waals surface area contributed by atoms with Crippen LogP contribution in [0.25, 0.3) is 11.0 Å². The van der Waals surface area contributed by atoms with Gasteiger partial charge in [-0.2, -0.15) is 13.2 Å². The molecule has 1 saturated heterocycles. The van der Waals surface area contributed by atoms with Crippen LogP contribution in [0.5, 0.6) is 0 Å². The van der Waals surface area contributed by atoms with Gasteiger partial charge in [-0.15, -0.1) is 0 Å². The fourth-order valence-corrected chi connectivity index (χ4v) is 7.86. The van der Waals surface area contributed by atoms with Crippen molar-refractivity contribution in [3.05, 3.63) is 40.5 Å². The number of aliphatic hydroxyl groups excluding tert-OH is 1. The second kappa shape index (κ2) is 12.7. The monoisotopic (exact) mass is 618 g/mol. The Labute approximate surface area is 256 Å². The number of alkyl halides is 3. The minimum atomic E-state index is -4.46. The molecule has 7 nitrogen and oxygen atoms in total. The minimum absolute atomic E-state index is 0.000388. The molecule has 43 heavy (non-hydrogen) atoms. The van der Waals surface area contributed by atoms with Crippen LogP contribution in [0.4, 0.5) is 30.6 Å². The SMILES string of the molecule is CC1CN(c2ncc(CO)cc2Cl)CCN1c1nc2c(NC(C3CCCCC3)C3CCCCC3)cc(C(F)(F)F)cc2[nH]1. The molecule has 3 N–H and O–H groups in total. The van der Waals surface area contributed by atoms with Gasteiger partial charge in [0.1, 0.15) is 11.3 Å². The first-order chi connectivity index (χ1) is 20.7. The molecule has 2 saturated carbocycles. The molecule has 234 valence electrons. The van der Waals surface area contributed by atoms with Crippen LogP contribution < -0.4 is 15.1 Å². The summed E-state index contributed by atoms with van der Waals surface area (Å²) < 4.78 is 42.4. The number of rotatable bonds is 7. The number of halogens is 4. The van der Waals surface area contributed by atoms with Crippen molar-refractivity contribution in [3.8, 4) is 0 Å². The van der Waals surface area contributed by atoms with Crippen LogP contribution in [0.2, 0.25) is 5.02 Å². The number of anilines is 3. The van der Waals surface area contributed by atoms with Gasteiger partial charge in [-0.1, -0.05) is 50.1 Å². The molecule has 1 aliphatic heterocycles. The van der Waals surface area contributed by atoms with Gasteiger partial charge in [-0.25, -0.2) is 9.97 Å². The first kappa shape index (κ1) is 30.3. The van der Waals surface area contributed by atoms with E-state index in [2.05, 4.69) is 32.0 Å². The number of aromatic amines is 1. The normalized spacial score (nSPS) is 21.2. The lowest BCUT2D eigenvalue weighted by atomic mass is 9.73. The predicted octanol–water partition coefficient (Wildman–Crippen LogP) is 7.78. The topological polar surface area (TPSA) is 80.3 Å². The molecule has 3 aromatic rings. The Bertz CT molecular complexity index is 1380. The van der Waals surface area contributed by atoms with E-state index in [9.17, 15) is 18.3 Å².